The van der Waals surface area contributed by atoms with E-state index in [9.17, 15) is 19.2 Å². The molecule has 2 aromatic rings. The van der Waals surface area contributed by atoms with E-state index in [1.54, 1.807) is 25.3 Å². The topological polar surface area (TPSA) is 133 Å². The molecule has 0 spiro atoms. The van der Waals surface area contributed by atoms with Crippen molar-refractivity contribution < 1.29 is 52.3 Å². The standard InChI is InChI=1S/C26H30O11/c1-13(27)33-12-21-23(34-14(2)28)25(35-15(3)29)26(36-16(4)30)24(37-21)22-19-9-8-18(31-5)11-17(19)7-10-20(22)32-6/h7-11,21,23-26H,12H2,1-6H3/t21-,23+,24+,25+,26+/m1/s1. The summed E-state index contributed by atoms with van der Waals surface area (Å²) >= 11 is 0. The van der Waals surface area contributed by atoms with Gasteiger partial charge in [0, 0.05) is 33.3 Å². The zero-order chi connectivity index (χ0) is 27.3. The zero-order valence-electron chi connectivity index (χ0n) is 21.5. The maximum atomic E-state index is 12.2. The Kier molecular flexibility index (Phi) is 8.93. The van der Waals surface area contributed by atoms with Crippen molar-refractivity contribution in [1.29, 1.82) is 0 Å². The van der Waals surface area contributed by atoms with Crippen molar-refractivity contribution in [2.24, 2.45) is 0 Å². The highest BCUT2D eigenvalue weighted by Gasteiger charge is 2.53. The molecule has 1 heterocycles. The Morgan fingerprint density at radius 2 is 1.38 bits per heavy atom. The molecule has 1 aliphatic rings. The molecule has 0 saturated carbocycles. The van der Waals surface area contributed by atoms with Gasteiger partial charge < -0.3 is 33.2 Å². The molecule has 37 heavy (non-hydrogen) atoms. The quantitative estimate of drug-likeness (QED) is 0.377. The van der Waals surface area contributed by atoms with E-state index >= 15 is 0 Å². The summed E-state index contributed by atoms with van der Waals surface area (Å²) in [5.41, 5.74) is 0.486. The minimum atomic E-state index is -1.29. The van der Waals surface area contributed by atoms with Crippen molar-refractivity contribution in [1.82, 2.24) is 0 Å². The fourth-order valence-electron chi connectivity index (χ4n) is 4.37. The number of carbonyl (C=O) groups is 4. The number of hydrogen-bond donors (Lipinski definition) is 0. The van der Waals surface area contributed by atoms with Gasteiger partial charge in [0.05, 0.1) is 14.2 Å². The molecule has 0 amide bonds. The van der Waals surface area contributed by atoms with Gasteiger partial charge >= 0.3 is 23.9 Å². The van der Waals surface area contributed by atoms with Crippen LogP contribution < -0.4 is 9.47 Å². The second-order valence-electron chi connectivity index (χ2n) is 8.39. The summed E-state index contributed by atoms with van der Waals surface area (Å²) in [5.74, 6) is -1.67. The van der Waals surface area contributed by atoms with E-state index in [4.69, 9.17) is 33.2 Å². The minimum Gasteiger partial charge on any atom is -0.497 e. The van der Waals surface area contributed by atoms with Crippen molar-refractivity contribution >= 4 is 34.6 Å². The van der Waals surface area contributed by atoms with Crippen molar-refractivity contribution in [2.75, 3.05) is 20.8 Å². The van der Waals surface area contributed by atoms with Crippen LogP contribution in [-0.4, -0.2) is 69.1 Å². The molecule has 0 bridgehead atoms. The third-order valence-electron chi connectivity index (χ3n) is 5.72. The summed E-state index contributed by atoms with van der Waals surface area (Å²) in [5, 5.41) is 1.45. The number of esters is 4. The van der Waals surface area contributed by atoms with Crippen LogP contribution in [0.25, 0.3) is 10.8 Å². The third kappa shape index (κ3) is 6.48. The van der Waals surface area contributed by atoms with Gasteiger partial charge in [0.2, 0.25) is 0 Å². The minimum absolute atomic E-state index is 0.324. The summed E-state index contributed by atoms with van der Waals surface area (Å²) in [6, 6.07) is 8.89. The Hall–Kier alpha value is -3.86. The first-order chi connectivity index (χ1) is 17.5. The smallest absolute Gasteiger partial charge is 0.303 e. The molecule has 0 aromatic heterocycles. The van der Waals surface area contributed by atoms with Crippen LogP contribution in [0.5, 0.6) is 11.5 Å². The lowest BCUT2D eigenvalue weighted by Gasteiger charge is -2.45. The van der Waals surface area contributed by atoms with Crippen molar-refractivity contribution in [2.45, 2.75) is 58.2 Å². The van der Waals surface area contributed by atoms with Gasteiger partial charge in [0.15, 0.2) is 18.3 Å². The molecule has 0 radical (unpaired) electrons. The molecule has 0 unspecified atom stereocenters. The second-order valence-corrected chi connectivity index (χ2v) is 8.39. The van der Waals surface area contributed by atoms with E-state index in [0.717, 1.165) is 5.39 Å². The highest BCUT2D eigenvalue weighted by Crippen LogP contribution is 2.44. The molecule has 11 nitrogen and oxygen atoms in total. The second kappa shape index (κ2) is 11.9. The molecule has 3 rings (SSSR count). The molecule has 5 atom stereocenters. The van der Waals surface area contributed by atoms with Gasteiger partial charge in [-0.25, -0.2) is 0 Å². The first-order valence-electron chi connectivity index (χ1n) is 11.5. The number of methoxy groups -OCH3 is 2. The SMILES string of the molecule is COc1ccc2c([C@@H]3O[C@H](COC(C)=O)[C@H](OC(C)=O)[C@H](OC(C)=O)[C@H]3OC(C)=O)c(OC)ccc2c1. The van der Waals surface area contributed by atoms with Crippen LogP contribution in [0.1, 0.15) is 39.4 Å². The van der Waals surface area contributed by atoms with Crippen LogP contribution in [0.3, 0.4) is 0 Å². The molecule has 200 valence electrons. The maximum absolute atomic E-state index is 12.2. The first-order valence-corrected chi connectivity index (χ1v) is 11.5. The highest BCUT2D eigenvalue weighted by molar-refractivity contribution is 5.89. The first kappa shape index (κ1) is 27.7. The Labute approximate surface area is 213 Å². The molecule has 0 aliphatic carbocycles. The van der Waals surface area contributed by atoms with E-state index in [1.807, 2.05) is 12.1 Å². The van der Waals surface area contributed by atoms with Crippen LogP contribution >= 0.6 is 0 Å². The van der Waals surface area contributed by atoms with E-state index in [2.05, 4.69) is 0 Å². The van der Waals surface area contributed by atoms with Gasteiger partial charge in [-0.15, -0.1) is 0 Å². The Balaban J connectivity index is 2.25. The predicted molar refractivity (Wildman–Crippen MR) is 128 cm³/mol. The highest BCUT2D eigenvalue weighted by atomic mass is 16.7. The van der Waals surface area contributed by atoms with E-state index in [1.165, 1.54) is 34.8 Å². The van der Waals surface area contributed by atoms with Crippen molar-refractivity contribution in [3.05, 3.63) is 35.9 Å². The van der Waals surface area contributed by atoms with E-state index in [-0.39, 0.29) is 6.61 Å². The summed E-state index contributed by atoms with van der Waals surface area (Å²) in [7, 11) is 3.02. The van der Waals surface area contributed by atoms with Crippen molar-refractivity contribution in [3.8, 4) is 11.5 Å². The summed E-state index contributed by atoms with van der Waals surface area (Å²) in [4.78, 5) is 47.9. The van der Waals surface area contributed by atoms with E-state index in [0.29, 0.717) is 22.4 Å². The van der Waals surface area contributed by atoms with Gasteiger partial charge in [-0.05, 0) is 29.0 Å². The molecule has 11 heteroatoms. The average molecular weight is 519 g/mol. The van der Waals surface area contributed by atoms with Gasteiger partial charge in [0.1, 0.15) is 30.3 Å². The zero-order valence-corrected chi connectivity index (χ0v) is 21.5. The van der Waals surface area contributed by atoms with Crippen LogP contribution in [0.15, 0.2) is 30.3 Å². The number of rotatable bonds is 8. The molecular formula is C26H30O11. The van der Waals surface area contributed by atoms with Crippen molar-refractivity contribution in [3.63, 3.8) is 0 Å². The molecule has 1 saturated heterocycles. The number of ether oxygens (including phenoxy) is 7. The van der Waals surface area contributed by atoms with Crippen LogP contribution in [0.4, 0.5) is 0 Å². The largest absolute Gasteiger partial charge is 0.497 e. The average Bonchev–Trinajstić information content (AvgIpc) is 2.83. The fourth-order valence-corrected chi connectivity index (χ4v) is 4.37. The Bertz CT molecular complexity index is 1170. The molecule has 0 N–H and O–H groups in total. The number of fused-ring (bicyclic) bond motifs is 1. The maximum Gasteiger partial charge on any atom is 0.303 e. The predicted octanol–water partition coefficient (Wildman–Crippen LogP) is 2.66. The van der Waals surface area contributed by atoms with Gasteiger partial charge in [-0.2, -0.15) is 0 Å². The summed E-state index contributed by atoms with van der Waals surface area (Å²) in [6.45, 7) is 4.43. The summed E-state index contributed by atoms with van der Waals surface area (Å²) < 4.78 is 39.1. The Morgan fingerprint density at radius 1 is 0.757 bits per heavy atom. The molecular weight excluding hydrogens is 488 g/mol. The Morgan fingerprint density at radius 3 is 1.95 bits per heavy atom. The summed E-state index contributed by atoms with van der Waals surface area (Å²) in [6.07, 6.45) is -5.94. The number of carbonyl (C=O) groups excluding carboxylic acids is 4. The number of hydrogen-bond acceptors (Lipinski definition) is 11. The van der Waals surface area contributed by atoms with Gasteiger partial charge in [0.25, 0.3) is 0 Å². The number of benzene rings is 2. The van der Waals surface area contributed by atoms with Gasteiger partial charge in [-0.3, -0.25) is 19.2 Å². The fraction of sp³-hybridized carbons (Fsp3) is 0.462. The van der Waals surface area contributed by atoms with Crippen LogP contribution in [0, 0.1) is 0 Å². The lowest BCUT2D eigenvalue weighted by molar-refractivity contribution is -0.254. The van der Waals surface area contributed by atoms with E-state index < -0.39 is 54.4 Å². The monoisotopic (exact) mass is 518 g/mol. The molecule has 1 fully saturated rings. The lowest BCUT2D eigenvalue weighted by atomic mass is 9.87. The normalized spacial score (nSPS) is 23.0. The molecule has 2 aromatic carbocycles. The van der Waals surface area contributed by atoms with Gasteiger partial charge in [-0.1, -0.05) is 12.1 Å². The van der Waals surface area contributed by atoms with Crippen LogP contribution in [-0.2, 0) is 42.9 Å². The third-order valence-corrected chi connectivity index (χ3v) is 5.72. The lowest BCUT2D eigenvalue weighted by Crippen LogP contribution is -2.59. The van der Waals surface area contributed by atoms with Crippen LogP contribution in [0.2, 0.25) is 0 Å². The molecule has 1 aliphatic heterocycles.